The van der Waals surface area contributed by atoms with Gasteiger partial charge in [0.2, 0.25) is 0 Å². The van der Waals surface area contributed by atoms with E-state index >= 15 is 0 Å². The maximum absolute atomic E-state index is 11.8. The van der Waals surface area contributed by atoms with Crippen LogP contribution in [0.4, 0.5) is 10.5 Å². The van der Waals surface area contributed by atoms with Gasteiger partial charge in [0.05, 0.1) is 17.3 Å². The Labute approximate surface area is 133 Å². The van der Waals surface area contributed by atoms with Crippen LogP contribution in [0.25, 0.3) is 0 Å². The highest BCUT2D eigenvalue weighted by atomic mass is 79.9. The van der Waals surface area contributed by atoms with Gasteiger partial charge in [-0.25, -0.2) is 9.59 Å². The largest absolute Gasteiger partial charge is 0.495 e. The molecule has 0 bridgehead atoms. The van der Waals surface area contributed by atoms with Crippen molar-refractivity contribution in [2.75, 3.05) is 12.4 Å². The van der Waals surface area contributed by atoms with Crippen LogP contribution < -0.4 is 15.4 Å². The molecule has 1 rings (SSSR count). The van der Waals surface area contributed by atoms with Crippen molar-refractivity contribution in [2.24, 2.45) is 0 Å². The van der Waals surface area contributed by atoms with Crippen molar-refractivity contribution in [3.8, 4) is 5.75 Å². The fourth-order valence-electron chi connectivity index (χ4n) is 1.44. The van der Waals surface area contributed by atoms with Gasteiger partial charge in [0, 0.05) is 10.5 Å². The lowest BCUT2D eigenvalue weighted by atomic mass is 10.2. The number of nitrogens with one attached hydrogen (secondary N) is 2. The Morgan fingerprint density at radius 3 is 2.50 bits per heavy atom. The Hall–Kier alpha value is -1.28. The summed E-state index contributed by atoms with van der Waals surface area (Å²) >= 11 is 6.62. The first kappa shape index (κ1) is 16.8. The molecule has 0 fully saturated rings. The Morgan fingerprint density at radius 1 is 1.35 bits per heavy atom. The monoisotopic (exact) mass is 408 g/mol. The summed E-state index contributed by atoms with van der Waals surface area (Å²) in [5.74, 6) is -0.524. The SMILES string of the molecule is CC[C@@H](NC(=O)Nc1cc(OC)c(Br)cc1Br)C(=O)O. The highest BCUT2D eigenvalue weighted by Gasteiger charge is 2.18. The predicted molar refractivity (Wildman–Crippen MR) is 82.3 cm³/mol. The fourth-order valence-corrected chi connectivity index (χ4v) is 2.69. The number of rotatable bonds is 5. The summed E-state index contributed by atoms with van der Waals surface area (Å²) in [6, 6.07) is 1.83. The van der Waals surface area contributed by atoms with Crippen molar-refractivity contribution in [3.63, 3.8) is 0 Å². The molecule has 0 unspecified atom stereocenters. The van der Waals surface area contributed by atoms with Gasteiger partial charge in [-0.2, -0.15) is 0 Å². The van der Waals surface area contributed by atoms with Gasteiger partial charge in [-0.15, -0.1) is 0 Å². The molecule has 110 valence electrons. The molecule has 0 spiro atoms. The van der Waals surface area contributed by atoms with E-state index in [1.165, 1.54) is 7.11 Å². The van der Waals surface area contributed by atoms with E-state index in [0.717, 1.165) is 4.47 Å². The van der Waals surface area contributed by atoms with Gasteiger partial charge >= 0.3 is 12.0 Å². The average Bonchev–Trinajstić information content (AvgIpc) is 2.38. The molecule has 2 amide bonds. The minimum Gasteiger partial charge on any atom is -0.495 e. The molecule has 0 radical (unpaired) electrons. The average molecular weight is 410 g/mol. The van der Waals surface area contributed by atoms with Gasteiger partial charge in [0.25, 0.3) is 0 Å². The lowest BCUT2D eigenvalue weighted by Gasteiger charge is -2.15. The minimum absolute atomic E-state index is 0.299. The first-order valence-electron chi connectivity index (χ1n) is 5.72. The van der Waals surface area contributed by atoms with Crippen molar-refractivity contribution in [1.29, 1.82) is 0 Å². The lowest BCUT2D eigenvalue weighted by molar-refractivity contribution is -0.139. The Bertz CT molecular complexity index is 522. The number of anilines is 1. The second-order valence-electron chi connectivity index (χ2n) is 3.86. The first-order chi connectivity index (χ1) is 9.38. The molecule has 3 N–H and O–H groups in total. The molecule has 0 saturated carbocycles. The number of urea groups is 1. The number of carbonyl (C=O) groups is 2. The Balaban J connectivity index is 2.83. The summed E-state index contributed by atoms with van der Waals surface area (Å²) in [5.41, 5.74) is 0.475. The number of amides is 2. The molecule has 8 heteroatoms. The number of carbonyl (C=O) groups excluding carboxylic acids is 1. The summed E-state index contributed by atoms with van der Waals surface area (Å²) in [5, 5.41) is 13.8. The number of methoxy groups -OCH3 is 1. The molecule has 0 aliphatic carbocycles. The van der Waals surface area contributed by atoms with Crippen molar-refractivity contribution in [2.45, 2.75) is 19.4 Å². The fraction of sp³-hybridized carbons (Fsp3) is 0.333. The van der Waals surface area contributed by atoms with Gasteiger partial charge in [-0.1, -0.05) is 6.92 Å². The zero-order chi connectivity index (χ0) is 15.3. The van der Waals surface area contributed by atoms with E-state index in [-0.39, 0.29) is 0 Å². The van der Waals surface area contributed by atoms with E-state index < -0.39 is 18.0 Å². The van der Waals surface area contributed by atoms with E-state index in [1.54, 1.807) is 19.1 Å². The first-order valence-corrected chi connectivity index (χ1v) is 7.31. The zero-order valence-corrected chi connectivity index (χ0v) is 14.0. The summed E-state index contributed by atoms with van der Waals surface area (Å²) in [4.78, 5) is 22.6. The molecule has 1 aromatic rings. The highest BCUT2D eigenvalue weighted by molar-refractivity contribution is 9.11. The van der Waals surface area contributed by atoms with E-state index in [9.17, 15) is 9.59 Å². The van der Waals surface area contributed by atoms with E-state index in [4.69, 9.17) is 9.84 Å². The number of benzene rings is 1. The zero-order valence-electron chi connectivity index (χ0n) is 10.9. The second-order valence-corrected chi connectivity index (χ2v) is 5.57. The number of carboxylic acids is 1. The molecular weight excluding hydrogens is 396 g/mol. The van der Waals surface area contributed by atoms with Gasteiger partial charge in [0.15, 0.2) is 0 Å². The Kier molecular flexibility index (Phi) is 6.28. The summed E-state index contributed by atoms with van der Waals surface area (Å²) < 4.78 is 6.50. The van der Waals surface area contributed by atoms with Crippen LogP contribution in [0, 0.1) is 0 Å². The lowest BCUT2D eigenvalue weighted by Crippen LogP contribution is -2.42. The standard InChI is InChI=1S/C12H14Br2N2O4/c1-3-8(11(17)18)15-12(19)16-9-5-10(20-2)7(14)4-6(9)13/h4-5,8H,3H2,1-2H3,(H,17,18)(H2,15,16,19)/t8-/m1/s1. The van der Waals surface area contributed by atoms with Crippen LogP contribution in [0.3, 0.4) is 0 Å². The molecule has 0 saturated heterocycles. The van der Waals surface area contributed by atoms with Crippen LogP contribution in [-0.2, 0) is 4.79 Å². The third-order valence-corrected chi connectivity index (χ3v) is 3.78. The van der Waals surface area contributed by atoms with Crippen molar-refractivity contribution in [3.05, 3.63) is 21.1 Å². The number of halogens is 2. The molecule has 0 aliphatic rings. The minimum atomic E-state index is -1.07. The molecule has 6 nitrogen and oxygen atoms in total. The summed E-state index contributed by atoms with van der Waals surface area (Å²) in [7, 11) is 1.51. The van der Waals surface area contributed by atoms with Crippen molar-refractivity contribution in [1.82, 2.24) is 5.32 Å². The van der Waals surface area contributed by atoms with Gasteiger partial charge < -0.3 is 20.5 Å². The molecule has 0 aromatic heterocycles. The summed E-state index contributed by atoms with van der Waals surface area (Å²) in [6.07, 6.45) is 0.299. The normalized spacial score (nSPS) is 11.6. The van der Waals surface area contributed by atoms with Gasteiger partial charge in [0.1, 0.15) is 11.8 Å². The van der Waals surface area contributed by atoms with Crippen LogP contribution in [0.1, 0.15) is 13.3 Å². The number of hydrogen-bond donors (Lipinski definition) is 3. The van der Waals surface area contributed by atoms with Crippen LogP contribution in [0.2, 0.25) is 0 Å². The third-order valence-electron chi connectivity index (χ3n) is 2.50. The topological polar surface area (TPSA) is 87.7 Å². The van der Waals surface area contributed by atoms with E-state index in [1.807, 2.05) is 0 Å². The molecule has 0 heterocycles. The predicted octanol–water partition coefficient (Wildman–Crippen LogP) is 3.20. The maximum Gasteiger partial charge on any atom is 0.326 e. The molecule has 0 aliphatic heterocycles. The molecule has 20 heavy (non-hydrogen) atoms. The molecular formula is C12H14Br2N2O4. The van der Waals surface area contributed by atoms with Crippen LogP contribution in [0.15, 0.2) is 21.1 Å². The summed E-state index contributed by atoms with van der Waals surface area (Å²) in [6.45, 7) is 1.68. The second kappa shape index (κ2) is 7.49. The number of aliphatic carboxylic acids is 1. The van der Waals surface area contributed by atoms with E-state index in [0.29, 0.717) is 22.3 Å². The highest BCUT2D eigenvalue weighted by Crippen LogP contribution is 2.34. The quantitative estimate of drug-likeness (QED) is 0.696. The molecule has 1 atom stereocenters. The van der Waals surface area contributed by atoms with Crippen LogP contribution in [0.5, 0.6) is 5.75 Å². The number of carboxylic acid groups (broad SMARTS) is 1. The van der Waals surface area contributed by atoms with Crippen LogP contribution in [-0.4, -0.2) is 30.3 Å². The third kappa shape index (κ3) is 4.38. The smallest absolute Gasteiger partial charge is 0.326 e. The molecule has 1 aromatic carbocycles. The van der Waals surface area contributed by atoms with Gasteiger partial charge in [-0.05, 0) is 44.3 Å². The van der Waals surface area contributed by atoms with Crippen molar-refractivity contribution < 1.29 is 19.4 Å². The Morgan fingerprint density at radius 2 is 2.00 bits per heavy atom. The number of hydrogen-bond acceptors (Lipinski definition) is 3. The van der Waals surface area contributed by atoms with Crippen molar-refractivity contribution >= 4 is 49.5 Å². The number of ether oxygens (including phenoxy) is 1. The maximum atomic E-state index is 11.8. The van der Waals surface area contributed by atoms with Gasteiger partial charge in [-0.3, -0.25) is 0 Å². The van der Waals surface area contributed by atoms with E-state index in [2.05, 4.69) is 42.5 Å². The van der Waals surface area contributed by atoms with Crippen LogP contribution >= 0.6 is 31.9 Å².